The first kappa shape index (κ1) is 13.0. The molecule has 1 saturated carbocycles. The van der Waals surface area contributed by atoms with E-state index in [4.69, 9.17) is 9.94 Å². The Hall–Kier alpha value is -2.03. The van der Waals surface area contributed by atoms with Crippen LogP contribution in [0.3, 0.4) is 0 Å². The van der Waals surface area contributed by atoms with Crippen LogP contribution in [0.5, 0.6) is 5.75 Å². The minimum atomic E-state index is 0.583. The van der Waals surface area contributed by atoms with E-state index in [-0.39, 0.29) is 0 Å². The molecule has 0 aliphatic heterocycles. The van der Waals surface area contributed by atoms with Crippen LogP contribution in [0.15, 0.2) is 41.6 Å². The molecule has 0 unspecified atom stereocenters. The molecule has 1 fully saturated rings. The maximum absolute atomic E-state index is 9.05. The van der Waals surface area contributed by atoms with Crippen LogP contribution in [0.4, 0.5) is 0 Å². The topological polar surface area (TPSA) is 41.8 Å². The van der Waals surface area contributed by atoms with E-state index in [0.29, 0.717) is 11.6 Å². The standard InChI is InChI=1S/C17H19NO2/c1-12(18-19)15-10-9-14-7-2-3-8-16(14)17(15)20-11-13-5-4-6-13/h2-3,7-10,13,19H,4-6,11H2,1H3. The van der Waals surface area contributed by atoms with Crippen LogP contribution in [0.1, 0.15) is 31.7 Å². The highest BCUT2D eigenvalue weighted by molar-refractivity contribution is 6.06. The summed E-state index contributed by atoms with van der Waals surface area (Å²) in [4.78, 5) is 0. The van der Waals surface area contributed by atoms with Crippen molar-refractivity contribution in [3.63, 3.8) is 0 Å². The van der Waals surface area contributed by atoms with Crippen LogP contribution in [-0.2, 0) is 0 Å². The number of benzene rings is 2. The van der Waals surface area contributed by atoms with Gasteiger partial charge in [0.05, 0.1) is 12.3 Å². The van der Waals surface area contributed by atoms with E-state index in [1.807, 2.05) is 24.3 Å². The number of rotatable bonds is 4. The van der Waals surface area contributed by atoms with Gasteiger partial charge in [-0.1, -0.05) is 41.9 Å². The summed E-state index contributed by atoms with van der Waals surface area (Å²) in [5, 5.41) is 14.6. The molecule has 0 atom stereocenters. The highest BCUT2D eigenvalue weighted by atomic mass is 16.5. The third kappa shape index (κ3) is 2.36. The van der Waals surface area contributed by atoms with Crippen molar-refractivity contribution in [2.24, 2.45) is 11.1 Å². The molecule has 0 radical (unpaired) electrons. The quantitative estimate of drug-likeness (QED) is 0.513. The van der Waals surface area contributed by atoms with Crippen LogP contribution in [0.25, 0.3) is 10.8 Å². The summed E-state index contributed by atoms with van der Waals surface area (Å²) in [6.07, 6.45) is 3.83. The van der Waals surface area contributed by atoms with Crippen LogP contribution in [0, 0.1) is 5.92 Å². The molecule has 3 nitrogen and oxygen atoms in total. The maximum Gasteiger partial charge on any atom is 0.136 e. The Balaban J connectivity index is 2.02. The number of ether oxygens (including phenoxy) is 1. The van der Waals surface area contributed by atoms with E-state index in [9.17, 15) is 0 Å². The van der Waals surface area contributed by atoms with Crippen LogP contribution >= 0.6 is 0 Å². The largest absolute Gasteiger partial charge is 0.492 e. The van der Waals surface area contributed by atoms with Crippen molar-refractivity contribution in [3.05, 3.63) is 42.0 Å². The van der Waals surface area contributed by atoms with Gasteiger partial charge in [-0.05, 0) is 37.1 Å². The Morgan fingerprint density at radius 3 is 2.75 bits per heavy atom. The van der Waals surface area contributed by atoms with Gasteiger partial charge < -0.3 is 9.94 Å². The lowest BCUT2D eigenvalue weighted by Gasteiger charge is -2.26. The minimum absolute atomic E-state index is 0.583. The maximum atomic E-state index is 9.05. The monoisotopic (exact) mass is 269 g/mol. The number of fused-ring (bicyclic) bond motifs is 1. The molecule has 3 heteroatoms. The molecule has 104 valence electrons. The van der Waals surface area contributed by atoms with E-state index >= 15 is 0 Å². The van der Waals surface area contributed by atoms with Gasteiger partial charge in [-0.25, -0.2) is 0 Å². The van der Waals surface area contributed by atoms with Crippen molar-refractivity contribution in [2.75, 3.05) is 6.61 Å². The fraction of sp³-hybridized carbons (Fsp3) is 0.353. The fourth-order valence-corrected chi connectivity index (χ4v) is 2.60. The SMILES string of the molecule is CC(=NO)c1ccc2ccccc2c1OCC1CCC1. The molecule has 2 aromatic rings. The zero-order valence-corrected chi connectivity index (χ0v) is 11.7. The van der Waals surface area contributed by atoms with Crippen LogP contribution < -0.4 is 4.74 Å². The van der Waals surface area contributed by atoms with Gasteiger partial charge in [-0.2, -0.15) is 0 Å². The summed E-state index contributed by atoms with van der Waals surface area (Å²) in [6, 6.07) is 12.2. The van der Waals surface area contributed by atoms with Crippen LogP contribution in [-0.4, -0.2) is 17.5 Å². The first-order valence-electron chi connectivity index (χ1n) is 7.13. The third-order valence-electron chi connectivity index (χ3n) is 4.11. The van der Waals surface area contributed by atoms with Gasteiger partial charge in [0, 0.05) is 10.9 Å². The molecule has 2 aromatic carbocycles. The van der Waals surface area contributed by atoms with Crippen molar-refractivity contribution < 1.29 is 9.94 Å². The normalized spacial score (nSPS) is 16.1. The summed E-state index contributed by atoms with van der Waals surface area (Å²) >= 11 is 0. The Labute approximate surface area is 118 Å². The molecule has 0 bridgehead atoms. The van der Waals surface area contributed by atoms with E-state index in [2.05, 4.69) is 17.3 Å². The van der Waals surface area contributed by atoms with Crippen molar-refractivity contribution in [1.29, 1.82) is 0 Å². The van der Waals surface area contributed by atoms with Crippen LogP contribution in [0.2, 0.25) is 0 Å². The highest BCUT2D eigenvalue weighted by Gasteiger charge is 2.20. The van der Waals surface area contributed by atoms with Crippen molar-refractivity contribution >= 4 is 16.5 Å². The Kier molecular flexibility index (Phi) is 3.59. The number of oxime groups is 1. The number of nitrogens with zero attached hydrogens (tertiary/aromatic N) is 1. The van der Waals surface area contributed by atoms with E-state index in [1.54, 1.807) is 6.92 Å². The summed E-state index contributed by atoms with van der Waals surface area (Å²) < 4.78 is 6.09. The first-order valence-corrected chi connectivity index (χ1v) is 7.13. The molecule has 0 amide bonds. The van der Waals surface area contributed by atoms with Gasteiger partial charge in [-0.3, -0.25) is 0 Å². The average molecular weight is 269 g/mol. The Bertz CT molecular complexity index is 644. The van der Waals surface area contributed by atoms with Gasteiger partial charge in [0.25, 0.3) is 0 Å². The minimum Gasteiger partial charge on any atom is -0.492 e. The Morgan fingerprint density at radius 1 is 1.25 bits per heavy atom. The summed E-state index contributed by atoms with van der Waals surface area (Å²) in [6.45, 7) is 2.54. The first-order chi connectivity index (χ1) is 9.79. The second kappa shape index (κ2) is 5.53. The predicted molar refractivity (Wildman–Crippen MR) is 80.8 cm³/mol. The third-order valence-corrected chi connectivity index (χ3v) is 4.11. The van der Waals surface area contributed by atoms with E-state index < -0.39 is 0 Å². The molecule has 3 rings (SSSR count). The second-order valence-electron chi connectivity index (χ2n) is 5.46. The molecular weight excluding hydrogens is 250 g/mol. The lowest BCUT2D eigenvalue weighted by atomic mass is 9.86. The summed E-state index contributed by atoms with van der Waals surface area (Å²) in [5.74, 6) is 1.51. The van der Waals surface area contributed by atoms with E-state index in [1.165, 1.54) is 19.3 Å². The lowest BCUT2D eigenvalue weighted by molar-refractivity contribution is 0.182. The zero-order chi connectivity index (χ0) is 13.9. The number of hydrogen-bond donors (Lipinski definition) is 1. The molecule has 0 aromatic heterocycles. The molecule has 0 spiro atoms. The fourth-order valence-electron chi connectivity index (χ4n) is 2.60. The smallest absolute Gasteiger partial charge is 0.136 e. The second-order valence-corrected chi connectivity index (χ2v) is 5.46. The molecular formula is C17H19NO2. The van der Waals surface area contributed by atoms with Gasteiger partial charge in [-0.15, -0.1) is 0 Å². The molecule has 1 aliphatic carbocycles. The van der Waals surface area contributed by atoms with Gasteiger partial charge >= 0.3 is 0 Å². The predicted octanol–water partition coefficient (Wildman–Crippen LogP) is 4.22. The van der Waals surface area contributed by atoms with Gasteiger partial charge in [0.15, 0.2) is 0 Å². The molecule has 1 N–H and O–H groups in total. The van der Waals surface area contributed by atoms with E-state index in [0.717, 1.165) is 28.7 Å². The molecule has 20 heavy (non-hydrogen) atoms. The summed E-state index contributed by atoms with van der Waals surface area (Å²) in [5.41, 5.74) is 1.45. The summed E-state index contributed by atoms with van der Waals surface area (Å²) in [7, 11) is 0. The lowest BCUT2D eigenvalue weighted by Crippen LogP contribution is -2.20. The molecule has 0 saturated heterocycles. The van der Waals surface area contributed by atoms with Crippen molar-refractivity contribution in [1.82, 2.24) is 0 Å². The average Bonchev–Trinajstić information content (AvgIpc) is 2.44. The van der Waals surface area contributed by atoms with Crippen molar-refractivity contribution in [2.45, 2.75) is 26.2 Å². The van der Waals surface area contributed by atoms with Crippen molar-refractivity contribution in [3.8, 4) is 5.75 Å². The van der Waals surface area contributed by atoms with Gasteiger partial charge in [0.2, 0.25) is 0 Å². The number of hydrogen-bond acceptors (Lipinski definition) is 3. The Morgan fingerprint density at radius 2 is 2.05 bits per heavy atom. The highest BCUT2D eigenvalue weighted by Crippen LogP contribution is 2.33. The zero-order valence-electron chi connectivity index (χ0n) is 11.7. The molecule has 0 heterocycles. The van der Waals surface area contributed by atoms with Gasteiger partial charge in [0.1, 0.15) is 5.75 Å². The molecule has 1 aliphatic rings.